The Labute approximate surface area is 85.7 Å². The van der Waals surface area contributed by atoms with Crippen LogP contribution in [-0.4, -0.2) is 22.0 Å². The van der Waals surface area contributed by atoms with Gasteiger partial charge in [-0.3, -0.25) is 14.9 Å². The molecule has 1 aromatic carbocycles. The first kappa shape index (κ1) is 11.0. The Morgan fingerprint density at radius 1 is 1.47 bits per heavy atom. The molecule has 6 heteroatoms. The molecule has 0 saturated carbocycles. The van der Waals surface area contributed by atoms with E-state index in [2.05, 4.69) is 5.32 Å². The number of benzene rings is 1. The fourth-order valence-corrected chi connectivity index (χ4v) is 0.991. The van der Waals surface area contributed by atoms with Crippen molar-refractivity contribution in [2.45, 2.75) is 13.0 Å². The van der Waals surface area contributed by atoms with E-state index in [4.69, 9.17) is 5.11 Å². The Morgan fingerprint density at radius 3 is 2.40 bits per heavy atom. The second kappa shape index (κ2) is 4.41. The van der Waals surface area contributed by atoms with Gasteiger partial charge >= 0.3 is 5.97 Å². The third-order valence-electron chi connectivity index (χ3n) is 1.83. The van der Waals surface area contributed by atoms with Gasteiger partial charge < -0.3 is 10.4 Å². The van der Waals surface area contributed by atoms with Crippen LogP contribution in [0.25, 0.3) is 0 Å². The Morgan fingerprint density at radius 2 is 2.00 bits per heavy atom. The number of nitrogens with zero attached hydrogens (tertiary/aromatic N) is 1. The van der Waals surface area contributed by atoms with Crippen LogP contribution in [-0.2, 0) is 4.79 Å². The van der Waals surface area contributed by atoms with Gasteiger partial charge in [-0.25, -0.2) is 0 Å². The summed E-state index contributed by atoms with van der Waals surface area (Å²) < 4.78 is 0. The second-order valence-electron chi connectivity index (χ2n) is 3.01. The van der Waals surface area contributed by atoms with Gasteiger partial charge in [0, 0.05) is 17.8 Å². The third kappa shape index (κ3) is 2.94. The summed E-state index contributed by atoms with van der Waals surface area (Å²) in [5, 5.41) is 21.6. The van der Waals surface area contributed by atoms with Crippen LogP contribution in [0.15, 0.2) is 24.3 Å². The number of rotatable bonds is 4. The van der Waals surface area contributed by atoms with E-state index in [1.54, 1.807) is 0 Å². The van der Waals surface area contributed by atoms with Gasteiger partial charge in [0.1, 0.15) is 6.04 Å². The molecule has 15 heavy (non-hydrogen) atoms. The summed E-state index contributed by atoms with van der Waals surface area (Å²) >= 11 is 0. The van der Waals surface area contributed by atoms with Gasteiger partial charge in [0.2, 0.25) is 0 Å². The summed E-state index contributed by atoms with van der Waals surface area (Å²) in [6, 6.07) is 4.84. The zero-order chi connectivity index (χ0) is 11.4. The van der Waals surface area contributed by atoms with Crippen molar-refractivity contribution in [1.82, 2.24) is 0 Å². The highest BCUT2D eigenvalue weighted by Crippen LogP contribution is 2.15. The topological polar surface area (TPSA) is 92.5 Å². The van der Waals surface area contributed by atoms with Crippen molar-refractivity contribution in [2.24, 2.45) is 0 Å². The van der Waals surface area contributed by atoms with Gasteiger partial charge in [0.15, 0.2) is 0 Å². The lowest BCUT2D eigenvalue weighted by Gasteiger charge is -2.09. The Bertz CT molecular complexity index is 374. The lowest BCUT2D eigenvalue weighted by atomic mass is 10.2. The van der Waals surface area contributed by atoms with Crippen molar-refractivity contribution >= 4 is 17.3 Å². The number of non-ortho nitro benzene ring substituents is 1. The molecule has 1 aromatic rings. The monoisotopic (exact) mass is 210 g/mol. The minimum Gasteiger partial charge on any atom is -0.480 e. The zero-order valence-corrected chi connectivity index (χ0v) is 8.01. The molecule has 0 aliphatic rings. The van der Waals surface area contributed by atoms with Crippen molar-refractivity contribution in [1.29, 1.82) is 0 Å². The summed E-state index contributed by atoms with van der Waals surface area (Å²) in [5.41, 5.74) is 0.513. The molecule has 0 unspecified atom stereocenters. The predicted molar refractivity (Wildman–Crippen MR) is 53.8 cm³/mol. The summed E-state index contributed by atoms with van der Waals surface area (Å²) in [7, 11) is 0. The summed E-state index contributed by atoms with van der Waals surface area (Å²) in [6.45, 7) is 1.49. The van der Waals surface area contributed by atoms with Gasteiger partial charge in [-0.1, -0.05) is 0 Å². The van der Waals surface area contributed by atoms with Gasteiger partial charge in [0.05, 0.1) is 4.92 Å². The summed E-state index contributed by atoms with van der Waals surface area (Å²) in [5.74, 6) is -0.978. The van der Waals surface area contributed by atoms with Gasteiger partial charge in [0.25, 0.3) is 5.69 Å². The number of carboxylic acids is 1. The molecular weight excluding hydrogens is 200 g/mol. The normalized spacial score (nSPS) is 11.8. The van der Waals surface area contributed by atoms with Crippen molar-refractivity contribution in [3.05, 3.63) is 34.4 Å². The van der Waals surface area contributed by atoms with Crippen LogP contribution in [0.3, 0.4) is 0 Å². The number of hydrogen-bond acceptors (Lipinski definition) is 4. The van der Waals surface area contributed by atoms with E-state index in [1.807, 2.05) is 0 Å². The van der Waals surface area contributed by atoms with Crippen LogP contribution in [0.1, 0.15) is 6.92 Å². The Hall–Kier alpha value is -2.11. The van der Waals surface area contributed by atoms with Crippen LogP contribution < -0.4 is 5.32 Å². The molecule has 1 atom stereocenters. The molecule has 0 fully saturated rings. The van der Waals surface area contributed by atoms with Crippen molar-refractivity contribution in [2.75, 3.05) is 5.32 Å². The third-order valence-corrected chi connectivity index (χ3v) is 1.83. The van der Waals surface area contributed by atoms with Gasteiger partial charge in [-0.05, 0) is 19.1 Å². The molecule has 0 aliphatic heterocycles. The molecule has 0 spiro atoms. The van der Waals surface area contributed by atoms with Crippen LogP contribution in [0.2, 0.25) is 0 Å². The lowest BCUT2D eigenvalue weighted by Crippen LogP contribution is -2.25. The minimum atomic E-state index is -0.978. The SMILES string of the molecule is C[C@@H](Nc1ccc([N+](=O)[O-])cc1)C(=O)O. The quantitative estimate of drug-likeness (QED) is 0.580. The van der Waals surface area contributed by atoms with E-state index in [9.17, 15) is 14.9 Å². The first-order valence-electron chi connectivity index (χ1n) is 4.24. The fraction of sp³-hybridized carbons (Fsp3) is 0.222. The highest BCUT2D eigenvalue weighted by Gasteiger charge is 2.10. The molecule has 2 N–H and O–H groups in total. The number of nitro benzene ring substituents is 1. The summed E-state index contributed by atoms with van der Waals surface area (Å²) in [6.07, 6.45) is 0. The number of carboxylic acid groups (broad SMARTS) is 1. The molecule has 0 amide bonds. The molecule has 1 rings (SSSR count). The van der Waals surface area contributed by atoms with Crippen molar-refractivity contribution in [3.63, 3.8) is 0 Å². The van der Waals surface area contributed by atoms with E-state index in [-0.39, 0.29) is 5.69 Å². The number of aliphatic carboxylic acids is 1. The maximum absolute atomic E-state index is 10.5. The first-order valence-corrected chi connectivity index (χ1v) is 4.24. The number of nitro groups is 1. The molecule has 0 aromatic heterocycles. The van der Waals surface area contributed by atoms with Crippen LogP contribution in [0, 0.1) is 10.1 Å². The highest BCUT2D eigenvalue weighted by atomic mass is 16.6. The van der Waals surface area contributed by atoms with E-state index >= 15 is 0 Å². The van der Waals surface area contributed by atoms with Crippen molar-refractivity contribution in [3.8, 4) is 0 Å². The van der Waals surface area contributed by atoms with E-state index in [0.717, 1.165) is 0 Å². The standard InChI is InChI=1S/C9H10N2O4/c1-6(9(12)13)10-7-2-4-8(5-3-7)11(14)15/h2-6,10H,1H3,(H,12,13)/t6-/m1/s1. The number of anilines is 1. The molecule has 0 aliphatic carbocycles. The predicted octanol–water partition coefficient (Wildman–Crippen LogP) is 1.48. The van der Waals surface area contributed by atoms with Crippen LogP contribution >= 0.6 is 0 Å². The average Bonchev–Trinajstić information content (AvgIpc) is 2.18. The summed E-state index contributed by atoms with van der Waals surface area (Å²) in [4.78, 5) is 20.3. The highest BCUT2D eigenvalue weighted by molar-refractivity contribution is 5.76. The number of nitrogens with one attached hydrogen (secondary N) is 1. The molecule has 80 valence electrons. The Balaban J connectivity index is 2.72. The fourth-order valence-electron chi connectivity index (χ4n) is 0.991. The van der Waals surface area contributed by atoms with Crippen molar-refractivity contribution < 1.29 is 14.8 Å². The minimum absolute atomic E-state index is 0.0245. The Kier molecular flexibility index (Phi) is 3.22. The van der Waals surface area contributed by atoms with E-state index < -0.39 is 16.9 Å². The molecule has 6 nitrogen and oxygen atoms in total. The van der Waals surface area contributed by atoms with Gasteiger partial charge in [-0.15, -0.1) is 0 Å². The van der Waals surface area contributed by atoms with E-state index in [0.29, 0.717) is 5.69 Å². The zero-order valence-electron chi connectivity index (χ0n) is 8.01. The molecule has 0 saturated heterocycles. The average molecular weight is 210 g/mol. The second-order valence-corrected chi connectivity index (χ2v) is 3.01. The molecular formula is C9H10N2O4. The maximum Gasteiger partial charge on any atom is 0.325 e. The molecule has 0 radical (unpaired) electrons. The lowest BCUT2D eigenvalue weighted by molar-refractivity contribution is -0.384. The van der Waals surface area contributed by atoms with Crippen LogP contribution in [0.4, 0.5) is 11.4 Å². The molecule has 0 heterocycles. The number of hydrogen-bond donors (Lipinski definition) is 2. The van der Waals surface area contributed by atoms with Crippen LogP contribution in [0.5, 0.6) is 0 Å². The number of carbonyl (C=O) groups is 1. The largest absolute Gasteiger partial charge is 0.480 e. The van der Waals surface area contributed by atoms with E-state index in [1.165, 1.54) is 31.2 Å². The maximum atomic E-state index is 10.5. The first-order chi connectivity index (χ1) is 7.00. The molecule has 0 bridgehead atoms. The smallest absolute Gasteiger partial charge is 0.325 e. The van der Waals surface area contributed by atoms with Gasteiger partial charge in [-0.2, -0.15) is 0 Å².